The second-order valence-electron chi connectivity index (χ2n) is 5.36. The molecule has 2 heterocycles. The molecule has 10 heteroatoms. The Morgan fingerprint density at radius 1 is 1.26 bits per heavy atom. The van der Waals surface area contributed by atoms with Crippen molar-refractivity contribution in [3.05, 3.63) is 75.8 Å². The summed E-state index contributed by atoms with van der Waals surface area (Å²) in [6, 6.07) is 6.29. The molecule has 0 aliphatic rings. The summed E-state index contributed by atoms with van der Waals surface area (Å²) >= 11 is 1.24. The predicted octanol–water partition coefficient (Wildman–Crippen LogP) is 2.57. The van der Waals surface area contributed by atoms with E-state index in [0.717, 1.165) is 23.8 Å². The molecular weight excluding hydrogens is 376 g/mol. The summed E-state index contributed by atoms with van der Waals surface area (Å²) in [5, 5.41) is 2.53. The molecule has 0 aliphatic carbocycles. The minimum absolute atomic E-state index is 0.164. The Balaban J connectivity index is 1.75. The Hall–Kier alpha value is -3.27. The number of hydrogen-bond acceptors (Lipinski definition) is 6. The Morgan fingerprint density at radius 3 is 2.74 bits per heavy atom. The third-order valence-electron chi connectivity index (χ3n) is 3.44. The van der Waals surface area contributed by atoms with E-state index in [1.54, 1.807) is 18.5 Å². The van der Waals surface area contributed by atoms with E-state index in [-0.39, 0.29) is 22.2 Å². The molecule has 3 aromatic rings. The number of halogens is 2. The Labute approximate surface area is 156 Å². The van der Waals surface area contributed by atoms with E-state index in [1.807, 2.05) is 6.07 Å². The number of amides is 1. The van der Waals surface area contributed by atoms with Gasteiger partial charge >= 0.3 is 0 Å². The van der Waals surface area contributed by atoms with Gasteiger partial charge in [-0.15, -0.1) is 0 Å². The van der Waals surface area contributed by atoms with Crippen LogP contribution in [0.2, 0.25) is 0 Å². The van der Waals surface area contributed by atoms with Crippen LogP contribution in [0.3, 0.4) is 0 Å². The van der Waals surface area contributed by atoms with Crippen LogP contribution in [0.5, 0.6) is 0 Å². The van der Waals surface area contributed by atoms with E-state index in [4.69, 9.17) is 5.73 Å². The number of benzene rings is 1. The van der Waals surface area contributed by atoms with Gasteiger partial charge in [-0.2, -0.15) is 0 Å². The molecule has 0 bridgehead atoms. The second kappa shape index (κ2) is 7.96. The molecule has 1 amide bonds. The van der Waals surface area contributed by atoms with Crippen LogP contribution < -0.4 is 16.6 Å². The molecule has 7 nitrogen and oxygen atoms in total. The first-order valence-corrected chi connectivity index (χ1v) is 8.60. The molecule has 0 spiro atoms. The highest BCUT2D eigenvalue weighted by molar-refractivity contribution is 7.98. The van der Waals surface area contributed by atoms with Gasteiger partial charge in [-0.1, -0.05) is 17.8 Å². The lowest BCUT2D eigenvalue weighted by molar-refractivity contribution is 0.102. The fourth-order valence-electron chi connectivity index (χ4n) is 2.12. The molecular formula is C17H13F2N5O2S. The maximum absolute atomic E-state index is 13.2. The Morgan fingerprint density at radius 2 is 2.07 bits per heavy atom. The van der Waals surface area contributed by atoms with Crippen molar-refractivity contribution in [1.29, 1.82) is 0 Å². The summed E-state index contributed by atoms with van der Waals surface area (Å²) in [4.78, 5) is 34.9. The third kappa shape index (κ3) is 4.47. The van der Waals surface area contributed by atoms with Crippen LogP contribution in [-0.2, 0) is 5.75 Å². The van der Waals surface area contributed by atoms with Gasteiger partial charge in [0, 0.05) is 23.7 Å². The van der Waals surface area contributed by atoms with E-state index >= 15 is 0 Å². The highest BCUT2D eigenvalue weighted by Crippen LogP contribution is 2.21. The number of H-pyrrole nitrogens is 1. The van der Waals surface area contributed by atoms with Gasteiger partial charge in [0.25, 0.3) is 11.5 Å². The number of hydrogen-bond donors (Lipinski definition) is 3. The first kappa shape index (κ1) is 18.5. The number of nitrogens with one attached hydrogen (secondary N) is 2. The number of thioether (sulfide) groups is 1. The smallest absolute Gasteiger partial charge is 0.277 e. The molecule has 27 heavy (non-hydrogen) atoms. The zero-order chi connectivity index (χ0) is 19.4. The van der Waals surface area contributed by atoms with Crippen molar-refractivity contribution in [3.63, 3.8) is 0 Å². The molecule has 0 saturated carbocycles. The maximum atomic E-state index is 13.2. The van der Waals surface area contributed by atoms with Gasteiger partial charge < -0.3 is 11.1 Å². The lowest BCUT2D eigenvalue weighted by Gasteiger charge is -2.08. The Kier molecular flexibility index (Phi) is 5.46. The molecule has 0 saturated heterocycles. The summed E-state index contributed by atoms with van der Waals surface area (Å²) in [6.45, 7) is 0. The van der Waals surface area contributed by atoms with Gasteiger partial charge in [0.15, 0.2) is 22.6 Å². The highest BCUT2D eigenvalue weighted by Gasteiger charge is 2.15. The number of aromatic amines is 1. The molecule has 0 atom stereocenters. The Bertz CT molecular complexity index is 1040. The first-order valence-electron chi connectivity index (χ1n) is 7.62. The number of nitrogens with two attached hydrogens (primary N) is 1. The molecule has 0 fully saturated rings. The molecule has 0 aliphatic heterocycles. The minimum atomic E-state index is -1.18. The second-order valence-corrected chi connectivity index (χ2v) is 6.33. The topological polar surface area (TPSA) is 114 Å². The fraction of sp³-hybridized carbons (Fsp3) is 0.0588. The molecule has 0 radical (unpaired) electrons. The number of nitrogens with zero attached hydrogens (tertiary/aromatic N) is 2. The summed E-state index contributed by atoms with van der Waals surface area (Å²) in [6.07, 6.45) is 3.33. The zero-order valence-electron chi connectivity index (χ0n) is 13.7. The predicted molar refractivity (Wildman–Crippen MR) is 97.4 cm³/mol. The monoisotopic (exact) mass is 389 g/mol. The van der Waals surface area contributed by atoms with Crippen LogP contribution in [0.1, 0.15) is 15.9 Å². The van der Waals surface area contributed by atoms with Crippen molar-refractivity contribution in [3.8, 4) is 0 Å². The summed E-state index contributed by atoms with van der Waals surface area (Å²) in [5.41, 5.74) is 5.60. The van der Waals surface area contributed by atoms with Crippen LogP contribution >= 0.6 is 11.8 Å². The van der Waals surface area contributed by atoms with Crippen molar-refractivity contribution >= 4 is 29.2 Å². The average molecular weight is 389 g/mol. The lowest BCUT2D eigenvalue weighted by Crippen LogP contribution is -2.23. The zero-order valence-corrected chi connectivity index (χ0v) is 14.5. The number of carbonyl (C=O) groups is 1. The lowest BCUT2D eigenvalue weighted by atomic mass is 10.2. The van der Waals surface area contributed by atoms with Crippen molar-refractivity contribution in [2.75, 3.05) is 11.1 Å². The number of aromatic nitrogens is 3. The van der Waals surface area contributed by atoms with Crippen LogP contribution in [0.4, 0.5) is 20.3 Å². The standard InChI is InChI=1S/C17H13F2N5O2S/c18-11-4-3-10(6-12(11)19)15(25)22-13-14(20)23-17(24-16(13)26)27-8-9-2-1-5-21-7-9/h1-7H,8H2,(H,22,25)(H3,20,23,24,26). The van der Waals surface area contributed by atoms with Crippen molar-refractivity contribution < 1.29 is 13.6 Å². The quantitative estimate of drug-likeness (QED) is 0.457. The maximum Gasteiger partial charge on any atom is 0.277 e. The number of carbonyl (C=O) groups excluding carboxylic acids is 1. The summed E-state index contributed by atoms with van der Waals surface area (Å²) < 4.78 is 26.2. The molecule has 0 unspecified atom stereocenters. The number of rotatable bonds is 5. The van der Waals surface area contributed by atoms with Gasteiger partial charge in [-0.05, 0) is 29.8 Å². The normalized spacial score (nSPS) is 10.6. The molecule has 138 valence electrons. The summed E-state index contributed by atoms with van der Waals surface area (Å²) in [5.74, 6) is -2.76. The molecule has 1 aromatic carbocycles. The SMILES string of the molecule is Nc1nc(SCc2cccnc2)[nH]c(=O)c1NC(=O)c1ccc(F)c(F)c1. The molecule has 2 aromatic heterocycles. The van der Waals surface area contributed by atoms with Crippen molar-refractivity contribution in [2.45, 2.75) is 10.9 Å². The van der Waals surface area contributed by atoms with E-state index in [2.05, 4.69) is 20.3 Å². The highest BCUT2D eigenvalue weighted by atomic mass is 32.2. The average Bonchev–Trinajstić information content (AvgIpc) is 2.66. The van der Waals surface area contributed by atoms with Gasteiger partial charge in [0.1, 0.15) is 5.69 Å². The van der Waals surface area contributed by atoms with E-state index in [1.165, 1.54) is 11.8 Å². The summed E-state index contributed by atoms with van der Waals surface area (Å²) in [7, 11) is 0. The number of nitrogen functional groups attached to an aromatic ring is 1. The van der Waals surface area contributed by atoms with E-state index in [9.17, 15) is 18.4 Å². The van der Waals surface area contributed by atoms with Crippen LogP contribution in [-0.4, -0.2) is 20.9 Å². The van der Waals surface area contributed by atoms with E-state index in [0.29, 0.717) is 5.75 Å². The van der Waals surface area contributed by atoms with Crippen molar-refractivity contribution in [1.82, 2.24) is 15.0 Å². The number of anilines is 2. The number of pyridine rings is 1. The third-order valence-corrected chi connectivity index (χ3v) is 4.39. The minimum Gasteiger partial charge on any atom is -0.382 e. The van der Waals surface area contributed by atoms with Crippen molar-refractivity contribution in [2.24, 2.45) is 0 Å². The first-order chi connectivity index (χ1) is 12.9. The van der Waals surface area contributed by atoms with E-state index < -0.39 is 23.1 Å². The fourth-order valence-corrected chi connectivity index (χ4v) is 2.92. The molecule has 3 rings (SSSR count). The van der Waals surface area contributed by atoms with Gasteiger partial charge in [0.2, 0.25) is 0 Å². The van der Waals surface area contributed by atoms with Gasteiger partial charge in [-0.25, -0.2) is 13.8 Å². The largest absolute Gasteiger partial charge is 0.382 e. The van der Waals surface area contributed by atoms with Crippen LogP contribution in [0.15, 0.2) is 52.7 Å². The van der Waals surface area contributed by atoms with Crippen LogP contribution in [0.25, 0.3) is 0 Å². The van der Waals surface area contributed by atoms with Gasteiger partial charge in [-0.3, -0.25) is 19.6 Å². The molecule has 4 N–H and O–H groups in total. The van der Waals surface area contributed by atoms with Gasteiger partial charge in [0.05, 0.1) is 0 Å². The van der Waals surface area contributed by atoms with Crippen LogP contribution in [0, 0.1) is 11.6 Å².